The molecule has 7 heteroatoms. The highest BCUT2D eigenvalue weighted by atomic mass is 32.1. The number of nitrogens with one attached hydrogen (secondary N) is 1. The number of nitrogens with zero attached hydrogens (tertiary/aromatic N) is 2. The van der Waals surface area contributed by atoms with E-state index in [0.717, 1.165) is 10.9 Å². The van der Waals surface area contributed by atoms with Crippen LogP contribution in [0.1, 0.15) is 29.0 Å². The predicted octanol–water partition coefficient (Wildman–Crippen LogP) is 4.21. The van der Waals surface area contributed by atoms with Crippen LogP contribution in [0.4, 0.5) is 18.9 Å². The van der Waals surface area contributed by atoms with Gasteiger partial charge in [0.05, 0.1) is 28.7 Å². The number of alkyl halides is 3. The molecule has 1 aromatic heterocycles. The van der Waals surface area contributed by atoms with Gasteiger partial charge in [0.25, 0.3) is 0 Å². The lowest BCUT2D eigenvalue weighted by Gasteiger charge is -2.16. The van der Waals surface area contributed by atoms with Crippen molar-refractivity contribution in [1.82, 2.24) is 4.98 Å². The fourth-order valence-corrected chi connectivity index (χ4v) is 2.35. The molecule has 0 saturated carbocycles. The molecular formula is C13H10F3N3S. The van der Waals surface area contributed by atoms with E-state index >= 15 is 0 Å². The molecule has 3 nitrogen and oxygen atoms in total. The minimum atomic E-state index is -4.55. The molecule has 0 aliphatic heterocycles. The summed E-state index contributed by atoms with van der Waals surface area (Å²) in [5.41, 5.74) is 0.667. The molecule has 1 aromatic carbocycles. The van der Waals surface area contributed by atoms with Crippen LogP contribution in [0.5, 0.6) is 0 Å². The van der Waals surface area contributed by atoms with Crippen molar-refractivity contribution < 1.29 is 13.2 Å². The zero-order chi connectivity index (χ0) is 14.8. The smallest absolute Gasteiger partial charge is 0.378 e. The Balaban J connectivity index is 2.28. The van der Waals surface area contributed by atoms with Crippen LogP contribution in [0.2, 0.25) is 0 Å². The van der Waals surface area contributed by atoms with E-state index in [0.29, 0.717) is 5.69 Å². The zero-order valence-corrected chi connectivity index (χ0v) is 11.2. The van der Waals surface area contributed by atoms with Gasteiger partial charge >= 0.3 is 6.18 Å². The molecule has 2 aromatic rings. The SMILES string of the molecule is CC(Nc1ccc(C#N)c(C(F)(F)F)c1)c1cncs1. The highest BCUT2D eigenvalue weighted by Crippen LogP contribution is 2.34. The number of hydrogen-bond donors (Lipinski definition) is 1. The molecule has 0 spiro atoms. The number of nitriles is 1. The molecular weight excluding hydrogens is 287 g/mol. The molecule has 0 bridgehead atoms. The van der Waals surface area contributed by atoms with Gasteiger partial charge in [-0.2, -0.15) is 18.4 Å². The molecule has 0 amide bonds. The van der Waals surface area contributed by atoms with Crippen LogP contribution in [0.3, 0.4) is 0 Å². The lowest BCUT2D eigenvalue weighted by molar-refractivity contribution is -0.137. The molecule has 0 fully saturated rings. The van der Waals surface area contributed by atoms with Crippen molar-refractivity contribution in [2.75, 3.05) is 5.32 Å². The van der Waals surface area contributed by atoms with Crippen molar-refractivity contribution in [3.8, 4) is 6.07 Å². The maximum absolute atomic E-state index is 12.8. The van der Waals surface area contributed by atoms with Gasteiger partial charge in [-0.25, -0.2) is 0 Å². The minimum absolute atomic E-state index is 0.156. The third-order valence-electron chi connectivity index (χ3n) is 2.71. The number of thiazole rings is 1. The van der Waals surface area contributed by atoms with Crippen LogP contribution >= 0.6 is 11.3 Å². The number of hydrogen-bond acceptors (Lipinski definition) is 4. The standard InChI is InChI=1S/C13H10F3N3S/c1-8(12-6-18-7-20-12)19-10-3-2-9(5-17)11(4-10)13(14,15)16/h2-4,6-8,19H,1H3. The summed E-state index contributed by atoms with van der Waals surface area (Å²) in [5, 5.41) is 11.7. The molecule has 1 N–H and O–H groups in total. The lowest BCUT2D eigenvalue weighted by Crippen LogP contribution is -2.10. The Bertz CT molecular complexity index is 629. The van der Waals surface area contributed by atoms with Gasteiger partial charge in [-0.05, 0) is 25.1 Å². The van der Waals surface area contributed by atoms with E-state index in [1.165, 1.54) is 23.5 Å². The zero-order valence-electron chi connectivity index (χ0n) is 10.4. The molecule has 1 atom stereocenters. The maximum atomic E-state index is 12.8. The summed E-state index contributed by atoms with van der Waals surface area (Å²) in [6.45, 7) is 1.83. The Morgan fingerprint density at radius 3 is 2.70 bits per heavy atom. The Kier molecular flexibility index (Phi) is 3.95. The van der Waals surface area contributed by atoms with E-state index in [9.17, 15) is 13.2 Å². The number of anilines is 1. The highest BCUT2D eigenvalue weighted by Gasteiger charge is 2.33. The van der Waals surface area contributed by atoms with E-state index < -0.39 is 11.7 Å². The van der Waals surface area contributed by atoms with Crippen LogP contribution in [-0.4, -0.2) is 4.98 Å². The molecule has 0 aliphatic rings. The van der Waals surface area contributed by atoms with Gasteiger partial charge in [0.1, 0.15) is 0 Å². The van der Waals surface area contributed by atoms with Gasteiger partial charge < -0.3 is 5.32 Å². The highest BCUT2D eigenvalue weighted by molar-refractivity contribution is 7.09. The van der Waals surface area contributed by atoms with Crippen molar-refractivity contribution >= 4 is 17.0 Å². The predicted molar refractivity (Wildman–Crippen MR) is 70.3 cm³/mol. The first-order valence-corrected chi connectivity index (χ1v) is 6.56. The summed E-state index contributed by atoms with van der Waals surface area (Å²) in [7, 11) is 0. The summed E-state index contributed by atoms with van der Waals surface area (Å²) < 4.78 is 38.5. The maximum Gasteiger partial charge on any atom is 0.417 e. The summed E-state index contributed by atoms with van der Waals surface area (Å²) in [4.78, 5) is 4.84. The number of rotatable bonds is 3. The topological polar surface area (TPSA) is 48.7 Å². The third kappa shape index (κ3) is 3.08. The van der Waals surface area contributed by atoms with Crippen LogP contribution in [0.25, 0.3) is 0 Å². The number of benzene rings is 1. The van der Waals surface area contributed by atoms with Crippen LogP contribution in [0, 0.1) is 11.3 Å². The summed E-state index contributed by atoms with van der Waals surface area (Å²) in [6, 6.07) is 4.99. The average Bonchev–Trinajstić information content (AvgIpc) is 2.91. The quantitative estimate of drug-likeness (QED) is 0.923. The first-order valence-electron chi connectivity index (χ1n) is 5.68. The molecule has 1 unspecified atom stereocenters. The Labute approximate surface area is 117 Å². The number of aromatic nitrogens is 1. The van der Waals surface area contributed by atoms with Gasteiger partial charge in [0.15, 0.2) is 0 Å². The first-order chi connectivity index (χ1) is 9.41. The second kappa shape index (κ2) is 5.51. The average molecular weight is 297 g/mol. The largest absolute Gasteiger partial charge is 0.417 e. The number of halogens is 3. The van der Waals surface area contributed by atoms with Crippen molar-refractivity contribution in [2.45, 2.75) is 19.1 Å². The lowest BCUT2D eigenvalue weighted by atomic mass is 10.1. The van der Waals surface area contributed by atoms with Gasteiger partial charge in [-0.1, -0.05) is 0 Å². The molecule has 1 heterocycles. The molecule has 104 valence electrons. The van der Waals surface area contributed by atoms with Gasteiger partial charge in [-0.15, -0.1) is 11.3 Å². The molecule has 2 rings (SSSR count). The van der Waals surface area contributed by atoms with E-state index in [-0.39, 0.29) is 11.6 Å². The van der Waals surface area contributed by atoms with Crippen LogP contribution in [-0.2, 0) is 6.18 Å². The van der Waals surface area contributed by atoms with E-state index in [1.807, 2.05) is 6.92 Å². The molecule has 0 saturated heterocycles. The van der Waals surface area contributed by atoms with E-state index in [4.69, 9.17) is 5.26 Å². The van der Waals surface area contributed by atoms with Gasteiger partial charge in [-0.3, -0.25) is 4.98 Å². The third-order valence-corrected chi connectivity index (χ3v) is 3.67. The second-order valence-corrected chi connectivity index (χ2v) is 5.06. The van der Waals surface area contributed by atoms with Crippen LogP contribution < -0.4 is 5.32 Å². The summed E-state index contributed by atoms with van der Waals surface area (Å²) >= 11 is 1.42. The van der Waals surface area contributed by atoms with Crippen molar-refractivity contribution in [1.29, 1.82) is 5.26 Å². The van der Waals surface area contributed by atoms with Crippen molar-refractivity contribution in [2.24, 2.45) is 0 Å². The Morgan fingerprint density at radius 1 is 1.40 bits per heavy atom. The van der Waals surface area contributed by atoms with Crippen LogP contribution in [0.15, 0.2) is 29.9 Å². The van der Waals surface area contributed by atoms with E-state index in [1.54, 1.807) is 17.8 Å². The fourth-order valence-electron chi connectivity index (χ4n) is 1.73. The summed E-state index contributed by atoms with van der Waals surface area (Å²) in [6.07, 6.45) is -2.88. The van der Waals surface area contributed by atoms with Gasteiger partial charge in [0.2, 0.25) is 0 Å². The van der Waals surface area contributed by atoms with Crippen molar-refractivity contribution in [3.63, 3.8) is 0 Å². The summed E-state index contributed by atoms with van der Waals surface area (Å²) in [5.74, 6) is 0. The van der Waals surface area contributed by atoms with Gasteiger partial charge in [0, 0.05) is 16.8 Å². The van der Waals surface area contributed by atoms with Crippen molar-refractivity contribution in [3.05, 3.63) is 45.9 Å². The molecule has 0 radical (unpaired) electrons. The first kappa shape index (κ1) is 14.3. The second-order valence-electron chi connectivity index (χ2n) is 4.14. The monoisotopic (exact) mass is 297 g/mol. The molecule has 0 aliphatic carbocycles. The minimum Gasteiger partial charge on any atom is -0.378 e. The molecule has 20 heavy (non-hydrogen) atoms. The normalized spacial score (nSPS) is 12.8. The Morgan fingerprint density at radius 2 is 2.15 bits per heavy atom. The van der Waals surface area contributed by atoms with E-state index in [2.05, 4.69) is 10.3 Å². The fraction of sp³-hybridized carbons (Fsp3) is 0.231. The Hall–Kier alpha value is -2.07.